The van der Waals surface area contributed by atoms with Crippen molar-refractivity contribution in [2.45, 2.75) is 51.9 Å². The van der Waals surface area contributed by atoms with Gasteiger partial charge in [0.25, 0.3) is 0 Å². The smallest absolute Gasteiger partial charge is 0.405 e. The number of hydrogen-bond acceptors (Lipinski definition) is 17. The van der Waals surface area contributed by atoms with Gasteiger partial charge in [-0.05, 0) is 20.8 Å². The molecule has 0 aliphatic heterocycles. The molecule has 19 heteroatoms. The van der Waals surface area contributed by atoms with Crippen LogP contribution in [0.3, 0.4) is 0 Å². The second kappa shape index (κ2) is 19.1. The highest BCUT2D eigenvalue weighted by atomic mass is 32.2. The number of rotatable bonds is 21. The van der Waals surface area contributed by atoms with E-state index in [0.717, 1.165) is 11.8 Å². The number of nitrogens with one attached hydrogen (secondary N) is 1. The Morgan fingerprint density at radius 2 is 1.91 bits per heavy atom. The standard InChI is InChI=1S/C24H43N6O11PS/c1-6-39-17(33)8-10-28-42(36,40-11-12-43-22(35)24(2,3)14-31)41-13-16(37-4)19(34)15(32)7-9-27-18-20(25)29-23(26)30-21(18)38-5/h9,15-16,19,31-32,34H,6-8,10-14H2,1-5H3,(H,28,36)(H4,25,26,29,30)/b27-9-/t15-,16?,19?,42?/m1/s1. The molecule has 0 bridgehead atoms. The Kier molecular flexibility index (Phi) is 17.1. The Morgan fingerprint density at radius 1 is 1.21 bits per heavy atom. The maximum atomic E-state index is 13.4. The van der Waals surface area contributed by atoms with Gasteiger partial charge in [-0.1, -0.05) is 11.8 Å². The molecule has 1 aromatic rings. The Balaban J connectivity index is 2.84. The van der Waals surface area contributed by atoms with Crippen molar-refractivity contribution in [1.29, 1.82) is 0 Å². The van der Waals surface area contributed by atoms with Gasteiger partial charge in [-0.25, -0.2) is 9.65 Å². The summed E-state index contributed by atoms with van der Waals surface area (Å²) in [7, 11) is -1.51. The fourth-order valence-electron chi connectivity index (χ4n) is 3.06. The van der Waals surface area contributed by atoms with Crippen molar-refractivity contribution in [3.63, 3.8) is 0 Å². The van der Waals surface area contributed by atoms with Gasteiger partial charge in [-0.3, -0.25) is 23.6 Å². The average molecular weight is 655 g/mol. The van der Waals surface area contributed by atoms with E-state index in [0.29, 0.717) is 0 Å². The zero-order valence-corrected chi connectivity index (χ0v) is 26.6. The Hall–Kier alpha value is -2.41. The minimum Gasteiger partial charge on any atom is -0.479 e. The zero-order chi connectivity index (χ0) is 32.6. The number of anilines is 2. The molecule has 246 valence electrons. The number of nitrogens with two attached hydrogens (primary N) is 2. The molecule has 1 rings (SSSR count). The summed E-state index contributed by atoms with van der Waals surface area (Å²) >= 11 is 0.889. The average Bonchev–Trinajstić information content (AvgIpc) is 2.96. The van der Waals surface area contributed by atoms with Crippen LogP contribution in [0.15, 0.2) is 4.99 Å². The lowest BCUT2D eigenvalue weighted by atomic mass is 9.97. The number of carbonyl (C=O) groups excluding carboxylic acids is 2. The van der Waals surface area contributed by atoms with Crippen LogP contribution >= 0.6 is 19.5 Å². The molecule has 0 radical (unpaired) electrons. The molecule has 0 saturated carbocycles. The Morgan fingerprint density at radius 3 is 2.51 bits per heavy atom. The monoisotopic (exact) mass is 654 g/mol. The van der Waals surface area contributed by atoms with Gasteiger partial charge >= 0.3 is 13.7 Å². The molecule has 0 aliphatic carbocycles. The van der Waals surface area contributed by atoms with Crippen LogP contribution < -0.4 is 21.3 Å². The van der Waals surface area contributed by atoms with Crippen LogP contribution in [0.5, 0.6) is 5.88 Å². The quantitative estimate of drug-likeness (QED) is 0.0454. The summed E-state index contributed by atoms with van der Waals surface area (Å²) in [6, 6.07) is 0. The highest BCUT2D eigenvalue weighted by molar-refractivity contribution is 8.13. The summed E-state index contributed by atoms with van der Waals surface area (Å²) in [5.74, 6) is -0.580. The zero-order valence-electron chi connectivity index (χ0n) is 24.9. The number of aliphatic hydroxyl groups is 3. The first-order valence-corrected chi connectivity index (χ1v) is 15.7. The van der Waals surface area contributed by atoms with Crippen LogP contribution in [0.25, 0.3) is 0 Å². The summed E-state index contributed by atoms with van der Waals surface area (Å²) in [5.41, 5.74) is 10.5. The van der Waals surface area contributed by atoms with Crippen LogP contribution in [0.4, 0.5) is 17.5 Å². The lowest BCUT2D eigenvalue weighted by Crippen LogP contribution is -2.41. The minimum atomic E-state index is -4.10. The number of ether oxygens (including phenoxy) is 3. The maximum Gasteiger partial charge on any atom is 0.405 e. The van der Waals surface area contributed by atoms with Gasteiger partial charge in [-0.2, -0.15) is 9.97 Å². The molecule has 0 amide bonds. The molecule has 0 saturated heterocycles. The van der Waals surface area contributed by atoms with Crippen molar-refractivity contribution >= 4 is 54.3 Å². The molecule has 17 nitrogen and oxygen atoms in total. The van der Waals surface area contributed by atoms with Gasteiger partial charge in [0.2, 0.25) is 11.8 Å². The van der Waals surface area contributed by atoms with Gasteiger partial charge in [-0.15, -0.1) is 0 Å². The number of carbonyl (C=O) groups is 2. The fourth-order valence-corrected chi connectivity index (χ4v) is 5.31. The van der Waals surface area contributed by atoms with E-state index in [9.17, 15) is 29.5 Å². The van der Waals surface area contributed by atoms with E-state index in [1.807, 2.05) is 0 Å². The molecule has 8 N–H and O–H groups in total. The van der Waals surface area contributed by atoms with Crippen molar-refractivity contribution in [2.75, 3.05) is 64.4 Å². The van der Waals surface area contributed by atoms with E-state index in [4.69, 9.17) is 34.7 Å². The van der Waals surface area contributed by atoms with Crippen LogP contribution in [0.2, 0.25) is 0 Å². The molecule has 1 aromatic heterocycles. The van der Waals surface area contributed by atoms with Crippen LogP contribution in [-0.2, 0) is 32.7 Å². The molecule has 43 heavy (non-hydrogen) atoms. The van der Waals surface area contributed by atoms with E-state index >= 15 is 0 Å². The molecule has 4 atom stereocenters. The molecule has 0 fully saturated rings. The topological polar surface area (TPSA) is 260 Å². The number of aliphatic imine (C=N–C) groups is 1. The first-order chi connectivity index (χ1) is 20.2. The highest BCUT2D eigenvalue weighted by Gasteiger charge is 2.32. The summed E-state index contributed by atoms with van der Waals surface area (Å²) in [6.45, 7) is 3.84. The largest absolute Gasteiger partial charge is 0.479 e. The Labute approximate surface area is 254 Å². The number of methoxy groups -OCH3 is 2. The van der Waals surface area contributed by atoms with Gasteiger partial charge in [0.15, 0.2) is 16.6 Å². The molecular weight excluding hydrogens is 611 g/mol. The van der Waals surface area contributed by atoms with E-state index in [-0.39, 0.29) is 73.4 Å². The number of nitrogen functional groups attached to an aromatic ring is 2. The molecular formula is C24H43N6O11PS. The van der Waals surface area contributed by atoms with Crippen molar-refractivity contribution in [3.8, 4) is 5.88 Å². The summed E-state index contributed by atoms with van der Waals surface area (Å²) < 4.78 is 39.5. The van der Waals surface area contributed by atoms with Gasteiger partial charge in [0, 0.05) is 32.0 Å². The van der Waals surface area contributed by atoms with Crippen molar-refractivity contribution in [2.24, 2.45) is 10.4 Å². The van der Waals surface area contributed by atoms with Crippen molar-refractivity contribution < 1.29 is 52.7 Å². The molecule has 0 spiro atoms. The Bertz CT molecular complexity index is 1110. The van der Waals surface area contributed by atoms with Crippen molar-refractivity contribution in [3.05, 3.63) is 0 Å². The summed E-state index contributed by atoms with van der Waals surface area (Å²) in [6.07, 6.45) is -3.15. The predicted molar refractivity (Wildman–Crippen MR) is 160 cm³/mol. The van der Waals surface area contributed by atoms with E-state index in [1.54, 1.807) is 20.8 Å². The molecule has 0 aromatic carbocycles. The lowest BCUT2D eigenvalue weighted by Gasteiger charge is -2.27. The van der Waals surface area contributed by atoms with E-state index in [2.05, 4.69) is 20.0 Å². The van der Waals surface area contributed by atoms with Crippen molar-refractivity contribution in [1.82, 2.24) is 15.1 Å². The summed E-state index contributed by atoms with van der Waals surface area (Å²) in [5, 5.41) is 32.8. The van der Waals surface area contributed by atoms with Crippen LogP contribution in [0.1, 0.15) is 33.6 Å². The third kappa shape index (κ3) is 13.4. The first kappa shape index (κ1) is 38.6. The minimum absolute atomic E-state index is 0.0190. The molecule has 3 unspecified atom stereocenters. The second-order valence-electron chi connectivity index (χ2n) is 9.47. The van der Waals surface area contributed by atoms with Crippen LogP contribution in [-0.4, -0.2) is 114 Å². The van der Waals surface area contributed by atoms with Gasteiger partial charge < -0.3 is 41.0 Å². The summed E-state index contributed by atoms with van der Waals surface area (Å²) in [4.78, 5) is 35.7. The van der Waals surface area contributed by atoms with Gasteiger partial charge in [0.05, 0.1) is 51.5 Å². The SMILES string of the molecule is CCOC(=O)CCNP(=O)(OCCSC(=O)C(C)(C)CO)OCC(OC)C(O)[C@H](O)C/C=N\c1c(N)nc(N)nc1OC. The number of aromatic nitrogens is 2. The van der Waals surface area contributed by atoms with Gasteiger partial charge in [0.1, 0.15) is 12.2 Å². The lowest BCUT2D eigenvalue weighted by molar-refractivity contribution is -0.142. The van der Waals surface area contributed by atoms with E-state index in [1.165, 1.54) is 20.4 Å². The number of nitrogens with zero attached hydrogens (tertiary/aromatic N) is 3. The second-order valence-corrected chi connectivity index (χ2v) is 12.4. The number of thioether (sulfide) groups is 1. The first-order valence-electron chi connectivity index (χ1n) is 13.2. The normalized spacial score (nSPS) is 15.5. The number of esters is 1. The predicted octanol–water partition coefficient (Wildman–Crippen LogP) is 0.441. The highest BCUT2D eigenvalue weighted by Crippen LogP contribution is 2.44. The fraction of sp³-hybridized carbons (Fsp3) is 0.708. The molecule has 1 heterocycles. The third-order valence-corrected chi connectivity index (χ3v) is 8.42. The van der Waals surface area contributed by atoms with E-state index < -0.39 is 44.0 Å². The van der Waals surface area contributed by atoms with Crippen LogP contribution in [0, 0.1) is 5.41 Å². The maximum absolute atomic E-state index is 13.4. The number of aliphatic hydroxyl groups excluding tert-OH is 3. The molecule has 0 aliphatic rings. The third-order valence-electron chi connectivity index (χ3n) is 5.61. The number of hydrogen-bond donors (Lipinski definition) is 6.